The Labute approximate surface area is 127 Å². The van der Waals surface area contributed by atoms with Crippen molar-refractivity contribution < 1.29 is 17.5 Å². The molecule has 2 fully saturated rings. The highest BCUT2D eigenvalue weighted by molar-refractivity contribution is 7.89. The summed E-state index contributed by atoms with van der Waals surface area (Å²) in [6.45, 7) is 0.593. The van der Waals surface area contributed by atoms with Gasteiger partial charge in [0.1, 0.15) is 5.82 Å². The minimum atomic E-state index is -3.76. The first-order valence-corrected chi connectivity index (χ1v) is 8.57. The zero-order chi connectivity index (χ0) is 15.2. The van der Waals surface area contributed by atoms with Gasteiger partial charge < -0.3 is 10.5 Å². The van der Waals surface area contributed by atoms with Crippen LogP contribution in [0.15, 0.2) is 17.0 Å². The maximum absolute atomic E-state index is 13.8. The topological polar surface area (TPSA) is 72.6 Å². The number of benzene rings is 1. The lowest BCUT2D eigenvalue weighted by molar-refractivity contribution is -0.0114. The van der Waals surface area contributed by atoms with E-state index in [0.29, 0.717) is 13.1 Å². The molecule has 0 saturated carbocycles. The summed E-state index contributed by atoms with van der Waals surface area (Å²) in [6.07, 6.45) is 1.59. The van der Waals surface area contributed by atoms with E-state index in [1.807, 2.05) is 0 Å². The SMILES string of the molecule is NCc1cc(S(=O)(=O)N2CC3CCC(C2)O3)cc(F)c1Cl. The maximum atomic E-state index is 13.8. The van der Waals surface area contributed by atoms with E-state index in [0.717, 1.165) is 18.9 Å². The molecule has 1 aromatic rings. The monoisotopic (exact) mass is 334 g/mol. The third-order valence-electron chi connectivity index (χ3n) is 3.94. The minimum absolute atomic E-state index is 0.0204. The van der Waals surface area contributed by atoms with E-state index >= 15 is 0 Å². The fraction of sp³-hybridized carbons (Fsp3) is 0.538. The molecule has 2 saturated heterocycles. The van der Waals surface area contributed by atoms with Gasteiger partial charge in [0.25, 0.3) is 0 Å². The zero-order valence-corrected chi connectivity index (χ0v) is 12.8. The van der Waals surface area contributed by atoms with Crippen LogP contribution in [0, 0.1) is 5.82 Å². The van der Waals surface area contributed by atoms with Gasteiger partial charge in [-0.3, -0.25) is 0 Å². The summed E-state index contributed by atoms with van der Waals surface area (Å²) in [6, 6.07) is 2.30. The number of nitrogens with two attached hydrogens (primary N) is 1. The molecule has 0 spiro atoms. The Kier molecular flexibility index (Phi) is 3.96. The van der Waals surface area contributed by atoms with Crippen molar-refractivity contribution in [1.82, 2.24) is 4.31 Å². The minimum Gasteiger partial charge on any atom is -0.372 e. The summed E-state index contributed by atoms with van der Waals surface area (Å²) in [5.74, 6) is -0.769. The van der Waals surface area contributed by atoms with Crippen molar-refractivity contribution in [1.29, 1.82) is 0 Å². The first-order chi connectivity index (χ1) is 9.91. The van der Waals surface area contributed by atoms with E-state index in [-0.39, 0.29) is 34.2 Å². The highest BCUT2D eigenvalue weighted by Gasteiger charge is 2.39. The van der Waals surface area contributed by atoms with Crippen LogP contribution < -0.4 is 5.73 Å². The van der Waals surface area contributed by atoms with Crippen molar-refractivity contribution in [2.75, 3.05) is 13.1 Å². The lowest BCUT2D eigenvalue weighted by atomic mass is 10.2. The molecule has 3 rings (SSSR count). The van der Waals surface area contributed by atoms with E-state index in [1.54, 1.807) is 0 Å². The van der Waals surface area contributed by atoms with Crippen molar-refractivity contribution in [2.45, 2.75) is 36.5 Å². The Bertz CT molecular complexity index is 656. The van der Waals surface area contributed by atoms with Gasteiger partial charge >= 0.3 is 0 Å². The van der Waals surface area contributed by atoms with Crippen molar-refractivity contribution in [2.24, 2.45) is 5.73 Å². The van der Waals surface area contributed by atoms with Crippen LogP contribution in [0.3, 0.4) is 0 Å². The average molecular weight is 335 g/mol. The average Bonchev–Trinajstić information content (AvgIpc) is 2.79. The van der Waals surface area contributed by atoms with Crippen LogP contribution in [-0.4, -0.2) is 38.0 Å². The first kappa shape index (κ1) is 15.2. The summed E-state index contributed by atoms with van der Waals surface area (Å²) in [5.41, 5.74) is 5.77. The van der Waals surface area contributed by atoms with Crippen LogP contribution in [-0.2, 0) is 21.3 Å². The Morgan fingerprint density at radius 3 is 2.52 bits per heavy atom. The third kappa shape index (κ3) is 2.68. The van der Waals surface area contributed by atoms with Gasteiger partial charge in [-0.15, -0.1) is 0 Å². The van der Waals surface area contributed by atoms with Gasteiger partial charge in [-0.25, -0.2) is 12.8 Å². The molecular formula is C13H16ClFN2O3S. The molecule has 2 heterocycles. The van der Waals surface area contributed by atoms with Crippen molar-refractivity contribution in [3.63, 3.8) is 0 Å². The number of rotatable bonds is 3. The second-order valence-corrected chi connectivity index (χ2v) is 7.68. The highest BCUT2D eigenvalue weighted by atomic mass is 35.5. The van der Waals surface area contributed by atoms with E-state index in [9.17, 15) is 12.8 Å². The molecule has 116 valence electrons. The summed E-state index contributed by atoms with van der Waals surface area (Å²) in [5, 5.41) is -0.126. The van der Waals surface area contributed by atoms with Crippen molar-refractivity contribution >= 4 is 21.6 Å². The molecule has 21 heavy (non-hydrogen) atoms. The van der Waals surface area contributed by atoms with Crippen LogP contribution in [0.25, 0.3) is 0 Å². The number of sulfonamides is 1. The summed E-state index contributed by atoms with van der Waals surface area (Å²) < 4.78 is 46.1. The summed E-state index contributed by atoms with van der Waals surface area (Å²) in [4.78, 5) is -0.105. The third-order valence-corrected chi connectivity index (χ3v) is 6.18. The number of ether oxygens (including phenoxy) is 1. The molecule has 2 atom stereocenters. The van der Waals surface area contributed by atoms with E-state index in [1.165, 1.54) is 10.4 Å². The van der Waals surface area contributed by atoms with Gasteiger partial charge in [0.15, 0.2) is 0 Å². The zero-order valence-electron chi connectivity index (χ0n) is 11.3. The van der Waals surface area contributed by atoms with Crippen LogP contribution >= 0.6 is 11.6 Å². The van der Waals surface area contributed by atoms with Crippen LogP contribution in [0.4, 0.5) is 4.39 Å². The predicted molar refractivity (Wildman–Crippen MR) is 76.0 cm³/mol. The molecule has 2 bridgehead atoms. The van der Waals surface area contributed by atoms with Crippen LogP contribution in [0.2, 0.25) is 5.02 Å². The molecule has 2 unspecified atom stereocenters. The second-order valence-electron chi connectivity index (χ2n) is 5.36. The predicted octanol–water partition coefficient (Wildman–Crippen LogP) is 1.49. The molecule has 0 aromatic heterocycles. The molecule has 0 radical (unpaired) electrons. The smallest absolute Gasteiger partial charge is 0.243 e. The maximum Gasteiger partial charge on any atom is 0.243 e. The molecule has 0 aliphatic carbocycles. The second kappa shape index (κ2) is 5.48. The molecule has 8 heteroatoms. The number of morpholine rings is 1. The fourth-order valence-corrected chi connectivity index (χ4v) is 4.59. The normalized spacial score (nSPS) is 26.2. The van der Waals surface area contributed by atoms with Gasteiger partial charge in [-0.2, -0.15) is 4.31 Å². The Morgan fingerprint density at radius 2 is 1.95 bits per heavy atom. The molecule has 5 nitrogen and oxygen atoms in total. The summed E-state index contributed by atoms with van der Waals surface area (Å²) >= 11 is 5.77. The number of halogens is 2. The molecular weight excluding hydrogens is 319 g/mol. The Morgan fingerprint density at radius 1 is 1.33 bits per heavy atom. The summed E-state index contributed by atoms with van der Waals surface area (Å²) in [7, 11) is -3.76. The van der Waals surface area contributed by atoms with Gasteiger partial charge in [0.05, 0.1) is 22.1 Å². The molecule has 2 aliphatic heterocycles. The van der Waals surface area contributed by atoms with E-state index in [2.05, 4.69) is 0 Å². The van der Waals surface area contributed by atoms with Crippen molar-refractivity contribution in [3.05, 3.63) is 28.5 Å². The molecule has 1 aromatic carbocycles. The molecule has 2 N–H and O–H groups in total. The van der Waals surface area contributed by atoms with Gasteiger partial charge in [0, 0.05) is 19.6 Å². The van der Waals surface area contributed by atoms with Crippen LogP contribution in [0.1, 0.15) is 18.4 Å². The lowest BCUT2D eigenvalue weighted by Gasteiger charge is -2.31. The van der Waals surface area contributed by atoms with Crippen LogP contribution in [0.5, 0.6) is 0 Å². The standard InChI is InChI=1S/C13H16ClFN2O3S/c14-13-8(5-16)3-11(4-12(13)15)21(18,19)17-6-9-1-2-10(7-17)20-9/h3-4,9-10H,1-2,5-7,16H2. The largest absolute Gasteiger partial charge is 0.372 e. The lowest BCUT2D eigenvalue weighted by Crippen LogP contribution is -2.45. The number of hydrogen-bond acceptors (Lipinski definition) is 4. The Balaban J connectivity index is 1.97. The van der Waals surface area contributed by atoms with E-state index in [4.69, 9.17) is 22.1 Å². The number of fused-ring (bicyclic) bond motifs is 2. The first-order valence-electron chi connectivity index (χ1n) is 6.75. The Hall–Kier alpha value is -0.730. The van der Waals surface area contributed by atoms with Gasteiger partial charge in [0.2, 0.25) is 10.0 Å². The number of hydrogen-bond donors (Lipinski definition) is 1. The van der Waals surface area contributed by atoms with Gasteiger partial charge in [-0.05, 0) is 30.5 Å². The fourth-order valence-electron chi connectivity index (χ4n) is 2.84. The highest BCUT2D eigenvalue weighted by Crippen LogP contribution is 2.31. The quantitative estimate of drug-likeness (QED) is 0.909. The van der Waals surface area contributed by atoms with Gasteiger partial charge in [-0.1, -0.05) is 11.6 Å². The van der Waals surface area contributed by atoms with Crippen molar-refractivity contribution in [3.8, 4) is 0 Å². The number of nitrogens with zero attached hydrogens (tertiary/aromatic N) is 1. The van der Waals surface area contributed by atoms with E-state index < -0.39 is 15.8 Å². The molecule has 0 amide bonds. The molecule has 2 aliphatic rings.